The minimum absolute atomic E-state index is 0.0409. The quantitative estimate of drug-likeness (QED) is 0.730. The first-order chi connectivity index (χ1) is 11.6. The predicted octanol–water partition coefficient (Wildman–Crippen LogP) is 2.36. The molecule has 2 aromatic carbocycles. The van der Waals surface area contributed by atoms with Gasteiger partial charge in [0.2, 0.25) is 0 Å². The average Bonchev–Trinajstić information content (AvgIpc) is 2.98. The molecule has 24 heavy (non-hydrogen) atoms. The van der Waals surface area contributed by atoms with Crippen LogP contribution in [0.1, 0.15) is 0 Å². The van der Waals surface area contributed by atoms with E-state index in [1.54, 1.807) is 10.6 Å². The van der Waals surface area contributed by atoms with Gasteiger partial charge in [0.05, 0.1) is 23.0 Å². The Labute approximate surface area is 136 Å². The number of fused-ring (bicyclic) bond motifs is 1. The fourth-order valence-electron chi connectivity index (χ4n) is 2.22. The Kier molecular flexibility index (Phi) is 4.51. The van der Waals surface area contributed by atoms with Gasteiger partial charge in [0.25, 0.3) is 5.91 Å². The smallest absolute Gasteiger partial charge is 0.326 e. The van der Waals surface area contributed by atoms with E-state index < -0.39 is 24.3 Å². The molecule has 7 heteroatoms. The number of nitrogens with one attached hydrogen (secondary N) is 1. The van der Waals surface area contributed by atoms with Crippen LogP contribution < -0.4 is 5.32 Å². The van der Waals surface area contributed by atoms with Gasteiger partial charge in [-0.2, -0.15) is 0 Å². The number of carbonyl (C=O) groups is 2. The number of hydrogen-bond acceptors (Lipinski definition) is 4. The standard InChI is InChI=1S/C17H14FN3O3/c18-12-5-1-2-6-13(12)20-16(22)10-24-17(23)9-21-11-19-14-7-3-4-8-15(14)21/h1-8,11H,9-10H2,(H,20,22). The second kappa shape index (κ2) is 6.91. The SMILES string of the molecule is O=C(COC(=O)Cn1cnc2ccccc21)Nc1ccccc1F. The van der Waals surface area contributed by atoms with Gasteiger partial charge < -0.3 is 14.6 Å². The number of anilines is 1. The van der Waals surface area contributed by atoms with Gasteiger partial charge >= 0.3 is 5.97 Å². The lowest BCUT2D eigenvalue weighted by molar-refractivity contribution is -0.147. The third-order valence-electron chi connectivity index (χ3n) is 3.34. The summed E-state index contributed by atoms with van der Waals surface area (Å²) in [6.45, 7) is -0.548. The third kappa shape index (κ3) is 3.57. The molecule has 0 radical (unpaired) electrons. The zero-order valence-corrected chi connectivity index (χ0v) is 12.6. The molecule has 0 atom stereocenters. The van der Waals surface area contributed by atoms with Gasteiger partial charge in [-0.1, -0.05) is 24.3 Å². The summed E-state index contributed by atoms with van der Waals surface area (Å²) >= 11 is 0. The summed E-state index contributed by atoms with van der Waals surface area (Å²) in [5.41, 5.74) is 1.60. The average molecular weight is 327 g/mol. The predicted molar refractivity (Wildman–Crippen MR) is 85.7 cm³/mol. The molecule has 3 aromatic rings. The lowest BCUT2D eigenvalue weighted by Crippen LogP contribution is -2.23. The molecular weight excluding hydrogens is 313 g/mol. The summed E-state index contributed by atoms with van der Waals surface area (Å²) < 4.78 is 20.0. The molecule has 1 aromatic heterocycles. The zero-order chi connectivity index (χ0) is 16.9. The van der Waals surface area contributed by atoms with Crippen molar-refractivity contribution in [3.05, 3.63) is 60.7 Å². The Bertz CT molecular complexity index is 891. The van der Waals surface area contributed by atoms with E-state index in [0.717, 1.165) is 11.0 Å². The number of nitrogens with zero attached hydrogens (tertiary/aromatic N) is 2. The molecule has 0 aliphatic heterocycles. The Hall–Kier alpha value is -3.22. The van der Waals surface area contributed by atoms with Crippen molar-refractivity contribution >= 4 is 28.6 Å². The van der Waals surface area contributed by atoms with Crippen molar-refractivity contribution < 1.29 is 18.7 Å². The van der Waals surface area contributed by atoms with Gasteiger partial charge in [0.15, 0.2) is 6.61 Å². The summed E-state index contributed by atoms with van der Waals surface area (Å²) in [6, 6.07) is 13.1. The molecule has 6 nitrogen and oxygen atoms in total. The lowest BCUT2D eigenvalue weighted by atomic mass is 10.3. The molecule has 0 saturated heterocycles. The van der Waals surface area contributed by atoms with Crippen LogP contribution in [-0.2, 0) is 20.9 Å². The monoisotopic (exact) mass is 327 g/mol. The van der Waals surface area contributed by atoms with Crippen molar-refractivity contribution in [3.8, 4) is 0 Å². The van der Waals surface area contributed by atoms with Crippen LogP contribution >= 0.6 is 0 Å². The van der Waals surface area contributed by atoms with Gasteiger partial charge in [-0.25, -0.2) is 9.37 Å². The minimum Gasteiger partial charge on any atom is -0.454 e. The number of amides is 1. The molecule has 0 aliphatic rings. The number of rotatable bonds is 5. The Morgan fingerprint density at radius 2 is 1.88 bits per heavy atom. The van der Waals surface area contributed by atoms with Gasteiger partial charge in [-0.3, -0.25) is 9.59 Å². The molecule has 1 heterocycles. The van der Waals surface area contributed by atoms with Gasteiger partial charge in [0.1, 0.15) is 12.4 Å². The highest BCUT2D eigenvalue weighted by Gasteiger charge is 2.11. The number of para-hydroxylation sites is 3. The van der Waals surface area contributed by atoms with E-state index in [9.17, 15) is 14.0 Å². The summed E-state index contributed by atoms with van der Waals surface area (Å²) in [5.74, 6) is -1.74. The third-order valence-corrected chi connectivity index (χ3v) is 3.34. The van der Waals surface area contributed by atoms with Crippen LogP contribution in [0.3, 0.4) is 0 Å². The van der Waals surface area contributed by atoms with E-state index in [1.807, 2.05) is 24.3 Å². The maximum absolute atomic E-state index is 13.4. The second-order valence-corrected chi connectivity index (χ2v) is 5.05. The van der Waals surface area contributed by atoms with Crippen LogP contribution in [0.15, 0.2) is 54.9 Å². The number of esters is 1. The van der Waals surface area contributed by atoms with Gasteiger partial charge in [-0.15, -0.1) is 0 Å². The zero-order valence-electron chi connectivity index (χ0n) is 12.6. The Morgan fingerprint density at radius 3 is 2.71 bits per heavy atom. The van der Waals surface area contributed by atoms with E-state index >= 15 is 0 Å². The van der Waals surface area contributed by atoms with E-state index in [1.165, 1.54) is 24.5 Å². The normalized spacial score (nSPS) is 10.5. The highest BCUT2D eigenvalue weighted by Crippen LogP contribution is 2.13. The van der Waals surface area contributed by atoms with Gasteiger partial charge in [0, 0.05) is 0 Å². The van der Waals surface area contributed by atoms with Crippen LogP contribution in [0, 0.1) is 5.82 Å². The number of benzene rings is 2. The highest BCUT2D eigenvalue weighted by molar-refractivity contribution is 5.92. The molecule has 0 spiro atoms. The molecule has 122 valence electrons. The fraction of sp³-hybridized carbons (Fsp3) is 0.118. The number of hydrogen-bond donors (Lipinski definition) is 1. The van der Waals surface area contributed by atoms with Gasteiger partial charge in [-0.05, 0) is 24.3 Å². The van der Waals surface area contributed by atoms with Crippen molar-refractivity contribution in [1.29, 1.82) is 0 Å². The number of halogens is 1. The minimum atomic E-state index is -0.607. The molecule has 0 fully saturated rings. The van der Waals surface area contributed by atoms with E-state index in [0.29, 0.717) is 0 Å². The molecule has 0 aliphatic carbocycles. The topological polar surface area (TPSA) is 73.2 Å². The van der Waals surface area contributed by atoms with Crippen molar-refractivity contribution in [2.24, 2.45) is 0 Å². The van der Waals surface area contributed by atoms with Crippen LogP contribution in [0.5, 0.6) is 0 Å². The van der Waals surface area contributed by atoms with Crippen molar-refractivity contribution in [2.45, 2.75) is 6.54 Å². The van der Waals surface area contributed by atoms with Crippen LogP contribution in [0.2, 0.25) is 0 Å². The summed E-state index contributed by atoms with van der Waals surface area (Å²) in [7, 11) is 0. The number of carbonyl (C=O) groups excluding carboxylic acids is 2. The first-order valence-electron chi connectivity index (χ1n) is 7.23. The van der Waals surface area contributed by atoms with E-state index in [-0.39, 0.29) is 12.2 Å². The molecule has 1 N–H and O–H groups in total. The summed E-state index contributed by atoms with van der Waals surface area (Å²) in [6.07, 6.45) is 1.53. The first kappa shape index (κ1) is 15.7. The van der Waals surface area contributed by atoms with Crippen LogP contribution in [0.25, 0.3) is 11.0 Å². The Balaban J connectivity index is 1.54. The molecular formula is C17H14FN3O3. The largest absolute Gasteiger partial charge is 0.454 e. The fourth-order valence-corrected chi connectivity index (χ4v) is 2.22. The maximum atomic E-state index is 13.4. The summed E-state index contributed by atoms with van der Waals surface area (Å²) in [5, 5.41) is 2.34. The van der Waals surface area contributed by atoms with Crippen LogP contribution in [-0.4, -0.2) is 28.0 Å². The molecule has 0 bridgehead atoms. The lowest BCUT2D eigenvalue weighted by Gasteiger charge is -2.08. The number of imidazole rings is 1. The molecule has 0 saturated carbocycles. The molecule has 3 rings (SSSR count). The van der Waals surface area contributed by atoms with Crippen molar-refractivity contribution in [1.82, 2.24) is 9.55 Å². The van der Waals surface area contributed by atoms with Crippen LogP contribution in [0.4, 0.5) is 10.1 Å². The van der Waals surface area contributed by atoms with E-state index in [4.69, 9.17) is 4.74 Å². The number of ether oxygens (including phenoxy) is 1. The maximum Gasteiger partial charge on any atom is 0.326 e. The second-order valence-electron chi connectivity index (χ2n) is 5.05. The molecule has 0 unspecified atom stereocenters. The Morgan fingerprint density at radius 1 is 1.12 bits per heavy atom. The van der Waals surface area contributed by atoms with Crippen molar-refractivity contribution in [3.63, 3.8) is 0 Å². The van der Waals surface area contributed by atoms with E-state index in [2.05, 4.69) is 10.3 Å². The van der Waals surface area contributed by atoms with Crippen molar-refractivity contribution in [2.75, 3.05) is 11.9 Å². The highest BCUT2D eigenvalue weighted by atomic mass is 19.1. The summed E-state index contributed by atoms with van der Waals surface area (Å²) in [4.78, 5) is 27.7. The number of aromatic nitrogens is 2. The molecule has 1 amide bonds. The first-order valence-corrected chi connectivity index (χ1v) is 7.23.